The number of carbonyl (C=O) groups is 3. The van der Waals surface area contributed by atoms with Crippen molar-refractivity contribution in [3.8, 4) is 0 Å². The number of hydrogen-bond acceptors (Lipinski definition) is 5. The lowest BCUT2D eigenvalue weighted by Gasteiger charge is -2.05. The number of nitrogens with zero attached hydrogens (tertiary/aromatic N) is 1. The van der Waals surface area contributed by atoms with E-state index in [0.717, 1.165) is 0 Å². The number of esters is 1. The van der Waals surface area contributed by atoms with Gasteiger partial charge in [-0.25, -0.2) is 4.79 Å². The Bertz CT molecular complexity index is 619. The SMILES string of the molecule is COC(=O)c1c(NC(=O)[C@H]2[C@H](C(=O)O)C2(C)C)n[nH]c1C. The molecule has 1 aromatic heterocycles. The molecule has 0 saturated heterocycles. The first-order chi connectivity index (χ1) is 9.71. The standard InChI is InChI=1S/C13H17N3O5/c1-5-6(12(20)21-4)9(16-15-5)14-10(17)7-8(11(18)19)13(7,2)3/h7-8H,1-4H3,(H,18,19)(H2,14,15,16,17)/t7-,8-/m1/s1. The van der Waals surface area contributed by atoms with Gasteiger partial charge in [0.15, 0.2) is 5.82 Å². The maximum absolute atomic E-state index is 12.2. The van der Waals surface area contributed by atoms with Gasteiger partial charge in [-0.1, -0.05) is 13.8 Å². The van der Waals surface area contributed by atoms with Gasteiger partial charge < -0.3 is 15.2 Å². The molecular weight excluding hydrogens is 278 g/mol. The van der Waals surface area contributed by atoms with Crippen LogP contribution in [-0.4, -0.2) is 40.3 Å². The largest absolute Gasteiger partial charge is 0.481 e. The van der Waals surface area contributed by atoms with Crippen LogP contribution in [0.4, 0.5) is 5.82 Å². The molecule has 0 unspecified atom stereocenters. The second-order valence-electron chi connectivity index (χ2n) is 5.67. The van der Waals surface area contributed by atoms with Crippen molar-refractivity contribution in [1.29, 1.82) is 0 Å². The Kier molecular flexibility index (Phi) is 3.48. The molecule has 8 nitrogen and oxygen atoms in total. The van der Waals surface area contributed by atoms with Gasteiger partial charge in [0.2, 0.25) is 5.91 Å². The number of aromatic nitrogens is 2. The number of carbonyl (C=O) groups excluding carboxylic acids is 2. The highest BCUT2D eigenvalue weighted by molar-refractivity contribution is 6.04. The Morgan fingerprint density at radius 1 is 1.33 bits per heavy atom. The average Bonchev–Trinajstić information content (AvgIpc) is 2.81. The van der Waals surface area contributed by atoms with Crippen molar-refractivity contribution in [1.82, 2.24) is 10.2 Å². The molecule has 0 aliphatic heterocycles. The van der Waals surface area contributed by atoms with Crippen LogP contribution in [0.5, 0.6) is 0 Å². The maximum Gasteiger partial charge on any atom is 0.343 e. The molecule has 8 heteroatoms. The zero-order valence-electron chi connectivity index (χ0n) is 12.2. The van der Waals surface area contributed by atoms with Crippen molar-refractivity contribution in [2.45, 2.75) is 20.8 Å². The Hall–Kier alpha value is -2.38. The number of hydrogen-bond donors (Lipinski definition) is 3. The van der Waals surface area contributed by atoms with Crippen LogP contribution < -0.4 is 5.32 Å². The van der Waals surface area contributed by atoms with E-state index < -0.39 is 35.1 Å². The van der Waals surface area contributed by atoms with Crippen molar-refractivity contribution in [3.05, 3.63) is 11.3 Å². The zero-order valence-corrected chi connectivity index (χ0v) is 12.2. The molecule has 2 rings (SSSR count). The van der Waals surface area contributed by atoms with Crippen LogP contribution in [0.15, 0.2) is 0 Å². The second-order valence-corrected chi connectivity index (χ2v) is 5.67. The fraction of sp³-hybridized carbons (Fsp3) is 0.538. The van der Waals surface area contributed by atoms with Gasteiger partial charge in [-0.3, -0.25) is 14.7 Å². The lowest BCUT2D eigenvalue weighted by atomic mass is 10.1. The minimum Gasteiger partial charge on any atom is -0.481 e. The summed E-state index contributed by atoms with van der Waals surface area (Å²) < 4.78 is 4.63. The highest BCUT2D eigenvalue weighted by Crippen LogP contribution is 2.58. The first kappa shape index (κ1) is 15.0. The van der Waals surface area contributed by atoms with Crippen LogP contribution in [0.1, 0.15) is 29.9 Å². The van der Waals surface area contributed by atoms with Gasteiger partial charge in [0.1, 0.15) is 5.56 Å². The molecular formula is C13H17N3O5. The zero-order chi connectivity index (χ0) is 15.9. The van der Waals surface area contributed by atoms with Crippen molar-refractivity contribution in [2.75, 3.05) is 12.4 Å². The molecule has 0 bridgehead atoms. The number of amides is 1. The predicted octanol–water partition coefficient (Wildman–Crippen LogP) is 0.800. The predicted molar refractivity (Wildman–Crippen MR) is 71.7 cm³/mol. The van der Waals surface area contributed by atoms with Crippen LogP contribution in [0.25, 0.3) is 0 Å². The van der Waals surface area contributed by atoms with Gasteiger partial charge in [0, 0.05) is 5.69 Å². The van der Waals surface area contributed by atoms with Crippen molar-refractivity contribution in [3.63, 3.8) is 0 Å². The van der Waals surface area contributed by atoms with Crippen molar-refractivity contribution < 1.29 is 24.2 Å². The summed E-state index contributed by atoms with van der Waals surface area (Å²) in [6.45, 7) is 5.05. The van der Waals surface area contributed by atoms with Gasteiger partial charge in [-0.2, -0.15) is 5.10 Å². The van der Waals surface area contributed by atoms with E-state index in [0.29, 0.717) is 5.69 Å². The summed E-state index contributed by atoms with van der Waals surface area (Å²) in [5, 5.41) is 18.0. The fourth-order valence-corrected chi connectivity index (χ4v) is 2.65. The molecule has 21 heavy (non-hydrogen) atoms. The Labute approximate surface area is 120 Å². The molecule has 1 heterocycles. The number of rotatable bonds is 4. The van der Waals surface area contributed by atoms with E-state index in [4.69, 9.17) is 5.11 Å². The molecule has 3 N–H and O–H groups in total. The summed E-state index contributed by atoms with van der Waals surface area (Å²) in [7, 11) is 1.23. The van der Waals surface area contributed by atoms with Crippen LogP contribution in [-0.2, 0) is 14.3 Å². The minimum atomic E-state index is -1.01. The number of aromatic amines is 1. The van der Waals surface area contributed by atoms with Crippen molar-refractivity contribution >= 4 is 23.7 Å². The number of carboxylic acids is 1. The molecule has 1 aromatic rings. The summed E-state index contributed by atoms with van der Waals surface area (Å²) in [5.41, 5.74) is -0.0228. The highest BCUT2D eigenvalue weighted by Gasteiger charge is 2.66. The van der Waals surface area contributed by atoms with Gasteiger partial charge >= 0.3 is 11.9 Å². The lowest BCUT2D eigenvalue weighted by Crippen LogP contribution is -2.20. The van der Waals surface area contributed by atoms with Crippen LogP contribution in [0.2, 0.25) is 0 Å². The van der Waals surface area contributed by atoms with Gasteiger partial charge in [0.05, 0.1) is 18.9 Å². The molecule has 1 aliphatic rings. The van der Waals surface area contributed by atoms with Crippen molar-refractivity contribution in [2.24, 2.45) is 17.3 Å². The molecule has 114 valence electrons. The Balaban J connectivity index is 2.19. The first-order valence-corrected chi connectivity index (χ1v) is 6.38. The quantitative estimate of drug-likeness (QED) is 0.706. The monoisotopic (exact) mass is 295 g/mol. The van der Waals surface area contributed by atoms with E-state index in [1.165, 1.54) is 7.11 Å². The van der Waals surface area contributed by atoms with Gasteiger partial charge in [-0.05, 0) is 12.3 Å². The normalized spacial score (nSPS) is 22.5. The lowest BCUT2D eigenvalue weighted by molar-refractivity contribution is -0.140. The number of carboxylic acid groups (broad SMARTS) is 1. The topological polar surface area (TPSA) is 121 Å². The fourth-order valence-electron chi connectivity index (χ4n) is 2.65. The summed E-state index contributed by atoms with van der Waals surface area (Å²) in [5.74, 6) is -3.44. The third kappa shape index (κ3) is 2.37. The molecule has 1 amide bonds. The molecule has 1 saturated carbocycles. The Morgan fingerprint density at radius 2 is 1.95 bits per heavy atom. The van der Waals surface area contributed by atoms with Gasteiger partial charge in [0.25, 0.3) is 0 Å². The summed E-state index contributed by atoms with van der Waals surface area (Å²) in [6, 6.07) is 0. The molecule has 2 atom stereocenters. The highest BCUT2D eigenvalue weighted by atomic mass is 16.5. The molecule has 1 fully saturated rings. The maximum atomic E-state index is 12.2. The average molecular weight is 295 g/mol. The molecule has 0 radical (unpaired) electrons. The number of aliphatic carboxylic acids is 1. The number of anilines is 1. The third-order valence-corrected chi connectivity index (χ3v) is 3.95. The molecule has 0 aromatic carbocycles. The smallest absolute Gasteiger partial charge is 0.343 e. The number of H-pyrrole nitrogens is 1. The van der Waals surface area contributed by atoms with E-state index in [1.54, 1.807) is 20.8 Å². The van der Waals surface area contributed by atoms with Crippen LogP contribution in [0, 0.1) is 24.2 Å². The minimum absolute atomic E-state index is 0.0520. The summed E-state index contributed by atoms with van der Waals surface area (Å²) in [4.78, 5) is 34.9. The van der Waals surface area contributed by atoms with E-state index >= 15 is 0 Å². The van der Waals surface area contributed by atoms with Crippen LogP contribution >= 0.6 is 0 Å². The van der Waals surface area contributed by atoms with Crippen LogP contribution in [0.3, 0.4) is 0 Å². The molecule has 1 aliphatic carbocycles. The van der Waals surface area contributed by atoms with E-state index in [9.17, 15) is 14.4 Å². The van der Waals surface area contributed by atoms with Gasteiger partial charge in [-0.15, -0.1) is 0 Å². The number of methoxy groups -OCH3 is 1. The Morgan fingerprint density at radius 3 is 2.43 bits per heavy atom. The number of aryl methyl sites for hydroxylation is 1. The van der Waals surface area contributed by atoms with E-state index in [2.05, 4.69) is 20.3 Å². The second kappa shape index (κ2) is 4.87. The first-order valence-electron chi connectivity index (χ1n) is 6.38. The van der Waals surface area contributed by atoms with E-state index in [-0.39, 0.29) is 11.4 Å². The number of ether oxygens (including phenoxy) is 1. The third-order valence-electron chi connectivity index (χ3n) is 3.95. The molecule has 0 spiro atoms. The summed E-state index contributed by atoms with van der Waals surface area (Å²) in [6.07, 6.45) is 0. The summed E-state index contributed by atoms with van der Waals surface area (Å²) >= 11 is 0. The number of nitrogens with one attached hydrogen (secondary N) is 2. The van der Waals surface area contributed by atoms with E-state index in [1.807, 2.05) is 0 Å².